The third-order valence-corrected chi connectivity index (χ3v) is 6.16. The zero-order valence-electron chi connectivity index (χ0n) is 13.5. The van der Waals surface area contributed by atoms with Crippen LogP contribution in [0, 0.1) is 17.3 Å². The highest BCUT2D eigenvalue weighted by molar-refractivity contribution is 5.46. The summed E-state index contributed by atoms with van der Waals surface area (Å²) < 4.78 is 11.7. The lowest BCUT2D eigenvalue weighted by molar-refractivity contribution is -0.122. The van der Waals surface area contributed by atoms with Gasteiger partial charge in [0.15, 0.2) is 0 Å². The number of benzene rings is 1. The molecule has 1 saturated heterocycles. The number of para-hydroxylation sites is 1. The minimum atomic E-state index is 0.421. The third-order valence-electron chi connectivity index (χ3n) is 6.16. The van der Waals surface area contributed by atoms with Gasteiger partial charge in [-0.2, -0.15) is 0 Å². The summed E-state index contributed by atoms with van der Waals surface area (Å²) >= 11 is 0. The van der Waals surface area contributed by atoms with Crippen LogP contribution in [0.4, 0.5) is 5.69 Å². The highest BCUT2D eigenvalue weighted by atomic mass is 16.5. The molecule has 1 N–H and O–H groups in total. The highest BCUT2D eigenvalue weighted by Gasteiger charge is 2.63. The van der Waals surface area contributed by atoms with Gasteiger partial charge in [-0.05, 0) is 55.6 Å². The van der Waals surface area contributed by atoms with Gasteiger partial charge in [-0.3, -0.25) is 0 Å². The lowest BCUT2D eigenvalue weighted by Gasteiger charge is -2.46. The smallest absolute Gasteiger partial charge is 0.0659 e. The summed E-state index contributed by atoms with van der Waals surface area (Å²) in [6, 6.07) is 11.3. The first-order valence-electron chi connectivity index (χ1n) is 8.75. The molecule has 3 heteroatoms. The Morgan fingerprint density at radius 2 is 2.14 bits per heavy atom. The minimum absolute atomic E-state index is 0.421. The van der Waals surface area contributed by atoms with Gasteiger partial charge in [0.1, 0.15) is 0 Å². The second kappa shape index (κ2) is 5.86. The van der Waals surface area contributed by atoms with Crippen molar-refractivity contribution in [1.29, 1.82) is 0 Å². The first-order chi connectivity index (χ1) is 10.8. The molecular weight excluding hydrogens is 274 g/mol. The average Bonchev–Trinajstić information content (AvgIpc) is 3.25. The Labute approximate surface area is 133 Å². The van der Waals surface area contributed by atoms with E-state index in [1.165, 1.54) is 37.8 Å². The number of rotatable bonds is 4. The fraction of sp³-hybridized carbons (Fsp3) is 0.684. The molecule has 22 heavy (non-hydrogen) atoms. The average molecular weight is 301 g/mol. The first-order valence-corrected chi connectivity index (χ1v) is 8.75. The predicted octanol–water partition coefficient (Wildman–Crippen LogP) is 3.71. The maximum absolute atomic E-state index is 6.21. The van der Waals surface area contributed by atoms with E-state index in [1.807, 2.05) is 7.11 Å². The SMILES string of the molecule is COCC1CCC2(CC2Nc2ccccc2)C2CCCOC12. The van der Waals surface area contributed by atoms with Gasteiger partial charge in [0.25, 0.3) is 0 Å². The molecule has 0 bridgehead atoms. The lowest BCUT2D eigenvalue weighted by atomic mass is 9.66. The maximum Gasteiger partial charge on any atom is 0.0659 e. The van der Waals surface area contributed by atoms with Gasteiger partial charge in [0.05, 0.1) is 12.7 Å². The largest absolute Gasteiger partial charge is 0.384 e. The van der Waals surface area contributed by atoms with Crippen LogP contribution in [0.1, 0.15) is 32.1 Å². The van der Waals surface area contributed by atoms with E-state index >= 15 is 0 Å². The van der Waals surface area contributed by atoms with E-state index in [1.54, 1.807) is 0 Å². The minimum Gasteiger partial charge on any atom is -0.384 e. The normalized spacial score (nSPS) is 40.2. The second-order valence-electron chi connectivity index (χ2n) is 7.34. The summed E-state index contributed by atoms with van der Waals surface area (Å²) in [5.41, 5.74) is 1.74. The van der Waals surface area contributed by atoms with Crippen LogP contribution in [-0.4, -0.2) is 32.5 Å². The van der Waals surface area contributed by atoms with Crippen LogP contribution < -0.4 is 5.32 Å². The van der Waals surface area contributed by atoms with Crippen LogP contribution in [0.25, 0.3) is 0 Å². The Hall–Kier alpha value is -1.06. The van der Waals surface area contributed by atoms with Crippen molar-refractivity contribution in [3.05, 3.63) is 30.3 Å². The van der Waals surface area contributed by atoms with Crippen LogP contribution in [0.15, 0.2) is 30.3 Å². The summed E-state index contributed by atoms with van der Waals surface area (Å²) in [4.78, 5) is 0. The number of anilines is 1. The van der Waals surface area contributed by atoms with Crippen molar-refractivity contribution >= 4 is 5.69 Å². The van der Waals surface area contributed by atoms with Gasteiger partial charge < -0.3 is 14.8 Å². The molecule has 4 rings (SSSR count). The number of hydrogen-bond donors (Lipinski definition) is 1. The summed E-state index contributed by atoms with van der Waals surface area (Å²) in [6.07, 6.45) is 6.87. The van der Waals surface area contributed by atoms with Crippen LogP contribution >= 0.6 is 0 Å². The van der Waals surface area contributed by atoms with Crippen molar-refractivity contribution < 1.29 is 9.47 Å². The molecular formula is C19H27NO2. The molecule has 0 radical (unpaired) electrons. The Balaban J connectivity index is 1.48. The molecule has 1 spiro atoms. The molecule has 5 atom stereocenters. The Morgan fingerprint density at radius 1 is 1.27 bits per heavy atom. The molecule has 120 valence electrons. The van der Waals surface area contributed by atoms with E-state index in [9.17, 15) is 0 Å². The summed E-state index contributed by atoms with van der Waals surface area (Å²) in [5.74, 6) is 1.32. The van der Waals surface area contributed by atoms with Gasteiger partial charge in [-0.1, -0.05) is 18.2 Å². The van der Waals surface area contributed by atoms with Crippen LogP contribution in [0.3, 0.4) is 0 Å². The number of hydrogen-bond acceptors (Lipinski definition) is 3. The van der Waals surface area contributed by atoms with Crippen molar-refractivity contribution in [3.8, 4) is 0 Å². The topological polar surface area (TPSA) is 30.5 Å². The molecule has 0 amide bonds. The molecule has 5 unspecified atom stereocenters. The summed E-state index contributed by atoms with van der Waals surface area (Å²) in [6.45, 7) is 1.79. The fourth-order valence-electron chi connectivity index (χ4n) is 5.02. The first kappa shape index (κ1) is 14.5. The van der Waals surface area contributed by atoms with Crippen molar-refractivity contribution in [1.82, 2.24) is 0 Å². The highest BCUT2D eigenvalue weighted by Crippen LogP contribution is 2.63. The molecule has 1 aliphatic heterocycles. The van der Waals surface area contributed by atoms with Crippen LogP contribution in [0.5, 0.6) is 0 Å². The zero-order valence-corrected chi connectivity index (χ0v) is 13.5. The van der Waals surface area contributed by atoms with Crippen LogP contribution in [0.2, 0.25) is 0 Å². The van der Waals surface area contributed by atoms with E-state index in [0.29, 0.717) is 23.5 Å². The molecule has 3 nitrogen and oxygen atoms in total. The van der Waals surface area contributed by atoms with E-state index in [2.05, 4.69) is 35.6 Å². The molecule has 1 heterocycles. The van der Waals surface area contributed by atoms with Gasteiger partial charge in [0.2, 0.25) is 0 Å². The van der Waals surface area contributed by atoms with E-state index in [0.717, 1.165) is 19.1 Å². The third kappa shape index (κ3) is 2.44. The van der Waals surface area contributed by atoms with Gasteiger partial charge in [-0.15, -0.1) is 0 Å². The Kier molecular flexibility index (Phi) is 3.87. The van der Waals surface area contributed by atoms with E-state index in [4.69, 9.17) is 9.47 Å². The zero-order chi connectivity index (χ0) is 15.0. The van der Waals surface area contributed by atoms with Crippen molar-refractivity contribution in [2.45, 2.75) is 44.2 Å². The van der Waals surface area contributed by atoms with Crippen LogP contribution in [-0.2, 0) is 9.47 Å². The summed E-state index contributed by atoms with van der Waals surface area (Å²) in [7, 11) is 1.82. The Bertz CT molecular complexity index is 505. The number of ether oxygens (including phenoxy) is 2. The number of fused-ring (bicyclic) bond motifs is 2. The molecule has 2 aliphatic carbocycles. The molecule has 1 aromatic carbocycles. The fourth-order valence-corrected chi connectivity index (χ4v) is 5.02. The molecule has 3 aliphatic rings. The van der Waals surface area contributed by atoms with Crippen molar-refractivity contribution in [2.24, 2.45) is 17.3 Å². The maximum atomic E-state index is 6.21. The summed E-state index contributed by atoms with van der Waals surface area (Å²) in [5, 5.41) is 3.77. The number of methoxy groups -OCH3 is 1. The second-order valence-corrected chi connectivity index (χ2v) is 7.34. The van der Waals surface area contributed by atoms with Gasteiger partial charge >= 0.3 is 0 Å². The van der Waals surface area contributed by atoms with Gasteiger partial charge in [0, 0.05) is 31.4 Å². The van der Waals surface area contributed by atoms with Gasteiger partial charge in [-0.25, -0.2) is 0 Å². The number of nitrogens with one attached hydrogen (secondary N) is 1. The van der Waals surface area contributed by atoms with E-state index < -0.39 is 0 Å². The molecule has 1 aromatic rings. The molecule has 2 saturated carbocycles. The quantitative estimate of drug-likeness (QED) is 0.919. The van der Waals surface area contributed by atoms with Crippen molar-refractivity contribution in [2.75, 3.05) is 25.6 Å². The Morgan fingerprint density at radius 3 is 2.95 bits per heavy atom. The molecule has 0 aromatic heterocycles. The monoisotopic (exact) mass is 301 g/mol. The van der Waals surface area contributed by atoms with Crippen molar-refractivity contribution in [3.63, 3.8) is 0 Å². The molecule has 3 fully saturated rings. The van der Waals surface area contributed by atoms with E-state index in [-0.39, 0.29) is 0 Å². The predicted molar refractivity (Wildman–Crippen MR) is 88.0 cm³/mol. The lowest BCUT2D eigenvalue weighted by Crippen LogP contribution is -2.47. The standard InChI is InChI=1S/C19H27NO2/c1-21-13-14-9-10-19(16-8-5-11-22-18(14)16)12-17(19)20-15-6-3-2-4-7-15/h2-4,6-7,14,16-18,20H,5,8-13H2,1H3.